The summed E-state index contributed by atoms with van der Waals surface area (Å²) in [6.07, 6.45) is 5.06. The number of rotatable bonds is 11. The molecular weight excluding hydrogens is 472 g/mol. The summed E-state index contributed by atoms with van der Waals surface area (Å²) >= 11 is 0. The van der Waals surface area contributed by atoms with E-state index in [-0.39, 0.29) is 0 Å². The Hall–Kier alpha value is -3.82. The van der Waals surface area contributed by atoms with Gasteiger partial charge in [-0.15, -0.1) is 0 Å². The molecule has 0 aliphatic carbocycles. The molecule has 9 nitrogen and oxygen atoms in total. The first-order valence-corrected chi connectivity index (χ1v) is 12.3. The van der Waals surface area contributed by atoms with Crippen LogP contribution >= 0.6 is 0 Å². The summed E-state index contributed by atoms with van der Waals surface area (Å²) in [6, 6.07) is 14.0. The van der Waals surface area contributed by atoms with Gasteiger partial charge in [0.2, 0.25) is 5.89 Å². The number of nitrogens with zero attached hydrogens (tertiary/aromatic N) is 3. The fourth-order valence-electron chi connectivity index (χ4n) is 4.12. The van der Waals surface area contributed by atoms with E-state index in [9.17, 15) is 4.79 Å². The summed E-state index contributed by atoms with van der Waals surface area (Å²) in [4.78, 5) is 24.5. The second-order valence-electron chi connectivity index (χ2n) is 9.42. The summed E-state index contributed by atoms with van der Waals surface area (Å²) in [6.45, 7) is 11.0. The Morgan fingerprint density at radius 3 is 2.51 bits per heavy atom. The molecule has 1 aromatic heterocycles. The zero-order valence-corrected chi connectivity index (χ0v) is 22.0. The molecule has 0 atom stereocenters. The van der Waals surface area contributed by atoms with Crippen LogP contribution in [0.4, 0.5) is 0 Å². The predicted molar refractivity (Wildman–Crippen MR) is 139 cm³/mol. The lowest BCUT2D eigenvalue weighted by Gasteiger charge is -2.28. The summed E-state index contributed by atoms with van der Waals surface area (Å²) in [5.41, 5.74) is 5.89. The lowest BCUT2D eigenvalue weighted by Crippen LogP contribution is -2.40. The van der Waals surface area contributed by atoms with Gasteiger partial charge in [-0.05, 0) is 56.5 Å². The number of hydrazine groups is 1. The number of benzene rings is 2. The normalized spacial score (nSPS) is 13.5. The van der Waals surface area contributed by atoms with Gasteiger partial charge in [0.05, 0.1) is 25.5 Å². The quantitative estimate of drug-likeness (QED) is 0.366. The molecule has 0 unspecified atom stereocenters. The molecule has 0 saturated heterocycles. The van der Waals surface area contributed by atoms with Crippen LogP contribution in [0.2, 0.25) is 0 Å². The minimum absolute atomic E-state index is 0.306. The average Bonchev–Trinajstić information content (AvgIpc) is 3.55. The van der Waals surface area contributed by atoms with Crippen molar-refractivity contribution in [1.29, 1.82) is 0 Å². The van der Waals surface area contributed by atoms with Crippen LogP contribution in [0.1, 0.15) is 43.4 Å². The molecule has 0 bridgehead atoms. The number of aryl methyl sites for hydroxylation is 2. The van der Waals surface area contributed by atoms with E-state index in [0.717, 1.165) is 28.0 Å². The van der Waals surface area contributed by atoms with Gasteiger partial charge >= 0.3 is 5.97 Å². The van der Waals surface area contributed by atoms with Crippen molar-refractivity contribution in [2.45, 2.75) is 53.3 Å². The molecule has 9 heteroatoms. The third kappa shape index (κ3) is 6.69. The predicted octanol–water partition coefficient (Wildman–Crippen LogP) is 4.86. The van der Waals surface area contributed by atoms with Gasteiger partial charge < -0.3 is 18.7 Å². The molecule has 196 valence electrons. The fourth-order valence-corrected chi connectivity index (χ4v) is 4.12. The Labute approximate surface area is 217 Å². The van der Waals surface area contributed by atoms with Crippen LogP contribution in [0.15, 0.2) is 65.5 Å². The molecule has 0 radical (unpaired) electrons. The smallest absolute Gasteiger partial charge is 0.349 e. The largest absolute Gasteiger partial charge is 0.476 e. The van der Waals surface area contributed by atoms with Crippen LogP contribution in [-0.2, 0) is 27.5 Å². The number of aromatic nitrogens is 1. The van der Waals surface area contributed by atoms with Gasteiger partial charge in [0, 0.05) is 12.1 Å². The van der Waals surface area contributed by atoms with Crippen LogP contribution in [0, 0.1) is 13.8 Å². The van der Waals surface area contributed by atoms with Crippen LogP contribution in [0.25, 0.3) is 11.3 Å². The highest BCUT2D eigenvalue weighted by atomic mass is 16.7. The van der Waals surface area contributed by atoms with E-state index in [1.165, 1.54) is 0 Å². The first-order valence-electron chi connectivity index (χ1n) is 12.3. The summed E-state index contributed by atoms with van der Waals surface area (Å²) in [5, 5.41) is 1.63. The van der Waals surface area contributed by atoms with Crippen LogP contribution in [0.5, 0.6) is 5.75 Å². The van der Waals surface area contributed by atoms with E-state index in [4.69, 9.17) is 18.7 Å². The summed E-state index contributed by atoms with van der Waals surface area (Å²) < 4.78 is 17.4. The van der Waals surface area contributed by atoms with E-state index < -0.39 is 11.6 Å². The number of nitrogens with one attached hydrogen (secondary N) is 1. The molecule has 4 rings (SSSR count). The zero-order valence-electron chi connectivity index (χ0n) is 22.0. The second kappa shape index (κ2) is 11.5. The van der Waals surface area contributed by atoms with Gasteiger partial charge in [-0.3, -0.25) is 10.3 Å². The first-order chi connectivity index (χ1) is 17.7. The van der Waals surface area contributed by atoms with E-state index in [1.54, 1.807) is 44.6 Å². The van der Waals surface area contributed by atoms with E-state index in [2.05, 4.69) is 27.4 Å². The molecule has 2 aromatic carbocycles. The van der Waals surface area contributed by atoms with Crippen molar-refractivity contribution < 1.29 is 23.5 Å². The molecule has 2 heterocycles. The number of oxazole rings is 1. The highest BCUT2D eigenvalue weighted by Crippen LogP contribution is 2.30. The van der Waals surface area contributed by atoms with Crippen molar-refractivity contribution in [3.63, 3.8) is 0 Å². The second-order valence-corrected chi connectivity index (χ2v) is 9.42. The lowest BCUT2D eigenvalue weighted by molar-refractivity contribution is -0.158. The van der Waals surface area contributed by atoms with Crippen molar-refractivity contribution >= 4 is 5.97 Å². The van der Waals surface area contributed by atoms with Crippen molar-refractivity contribution in [3.05, 3.63) is 83.7 Å². The van der Waals surface area contributed by atoms with Gasteiger partial charge in [-0.1, -0.05) is 42.5 Å². The number of esters is 1. The zero-order chi connectivity index (χ0) is 26.4. The van der Waals surface area contributed by atoms with Crippen LogP contribution in [-0.4, -0.2) is 39.9 Å². The molecule has 1 N–H and O–H groups in total. The number of hydrogen-bond donors (Lipinski definition) is 1. The van der Waals surface area contributed by atoms with Gasteiger partial charge in [0.25, 0.3) is 0 Å². The Bertz CT molecular complexity index is 1210. The molecule has 1 aliphatic heterocycles. The molecule has 0 saturated carbocycles. The maximum atomic E-state index is 12.3. The Morgan fingerprint density at radius 1 is 1.14 bits per heavy atom. The molecule has 0 fully saturated rings. The van der Waals surface area contributed by atoms with Crippen molar-refractivity contribution in [2.24, 2.45) is 0 Å². The number of carbonyl (C=O) groups excluding carboxylic acids is 1. The topological polar surface area (TPSA) is 89.3 Å². The van der Waals surface area contributed by atoms with Crippen molar-refractivity contribution in [1.82, 2.24) is 20.5 Å². The van der Waals surface area contributed by atoms with Gasteiger partial charge in [-0.25, -0.2) is 9.78 Å². The summed E-state index contributed by atoms with van der Waals surface area (Å²) in [7, 11) is 0. The van der Waals surface area contributed by atoms with E-state index in [1.807, 2.05) is 44.2 Å². The molecule has 37 heavy (non-hydrogen) atoms. The number of ether oxygens (including phenoxy) is 2. The number of hydroxylamine groups is 1. The SMILES string of the molecule is CCOC(=O)C(C)(C)Oc1c(C)cc(CN(Cc2ncc(-c3ccccc3)o2)CN2NC=CO2)cc1C. The Balaban J connectivity index is 1.51. The molecule has 0 amide bonds. The Morgan fingerprint density at radius 2 is 1.86 bits per heavy atom. The minimum Gasteiger partial charge on any atom is -0.476 e. The number of hydrogen-bond acceptors (Lipinski definition) is 9. The Kier molecular flexibility index (Phi) is 8.15. The fraction of sp³-hybridized carbons (Fsp3) is 0.357. The average molecular weight is 507 g/mol. The molecule has 0 spiro atoms. The standard InChI is InChI=1S/C28H34N4O5/c1-6-34-27(33)28(4,5)37-26-20(2)14-22(15-21(26)3)17-31(19-32-30-12-13-35-32)18-25-29-16-24(36-25)23-10-8-7-9-11-23/h7-16,30H,6,17-19H2,1-5H3. The summed E-state index contributed by atoms with van der Waals surface area (Å²) in [5.74, 6) is 1.62. The third-order valence-corrected chi connectivity index (χ3v) is 5.82. The first kappa shape index (κ1) is 26.2. The van der Waals surface area contributed by atoms with Crippen LogP contribution < -0.4 is 10.2 Å². The molecule has 3 aromatic rings. The third-order valence-electron chi connectivity index (χ3n) is 5.82. The molecule has 1 aliphatic rings. The maximum Gasteiger partial charge on any atom is 0.349 e. The van der Waals surface area contributed by atoms with E-state index >= 15 is 0 Å². The van der Waals surface area contributed by atoms with Gasteiger partial charge in [0.15, 0.2) is 11.4 Å². The molecular formula is C28H34N4O5. The van der Waals surface area contributed by atoms with Crippen molar-refractivity contribution in [3.8, 4) is 17.1 Å². The lowest BCUT2D eigenvalue weighted by atomic mass is 10.0. The minimum atomic E-state index is -1.09. The van der Waals surface area contributed by atoms with Crippen molar-refractivity contribution in [2.75, 3.05) is 13.3 Å². The maximum absolute atomic E-state index is 12.3. The van der Waals surface area contributed by atoms with E-state index in [0.29, 0.717) is 38.0 Å². The number of carbonyl (C=O) groups is 1. The highest BCUT2D eigenvalue weighted by molar-refractivity contribution is 5.79. The van der Waals surface area contributed by atoms with Gasteiger partial charge in [0.1, 0.15) is 18.7 Å². The highest BCUT2D eigenvalue weighted by Gasteiger charge is 2.32. The monoisotopic (exact) mass is 506 g/mol. The van der Waals surface area contributed by atoms with Gasteiger partial charge in [-0.2, -0.15) is 0 Å². The van der Waals surface area contributed by atoms with Crippen LogP contribution in [0.3, 0.4) is 0 Å².